The Bertz CT molecular complexity index is 253. The fourth-order valence-corrected chi connectivity index (χ4v) is 2.31. The predicted octanol–water partition coefficient (Wildman–Crippen LogP) is 0.918. The number of hydrogen-bond donors (Lipinski definition) is 2. The number of carbonyl (C=O) groups is 1. The molecule has 4 atom stereocenters. The molecule has 1 aliphatic rings. The Hall–Kier alpha value is -0.610. The SMILES string of the molecule is CC(C)C[C@H](N)[C@@H]1OC(=O)[C@H](C(C)C)[C@H]1O. The zero-order chi connectivity index (χ0) is 12.5. The van der Waals surface area contributed by atoms with Crippen molar-refractivity contribution in [2.24, 2.45) is 23.5 Å². The third-order valence-corrected chi connectivity index (χ3v) is 3.11. The van der Waals surface area contributed by atoms with E-state index >= 15 is 0 Å². The molecule has 0 spiro atoms. The number of aliphatic hydroxyl groups excluding tert-OH is 1. The molecule has 16 heavy (non-hydrogen) atoms. The average Bonchev–Trinajstić information content (AvgIpc) is 2.40. The average molecular weight is 229 g/mol. The molecule has 0 saturated carbocycles. The van der Waals surface area contributed by atoms with Crippen LogP contribution >= 0.6 is 0 Å². The van der Waals surface area contributed by atoms with E-state index in [1.807, 2.05) is 13.8 Å². The van der Waals surface area contributed by atoms with Crippen molar-refractivity contribution < 1.29 is 14.6 Å². The van der Waals surface area contributed by atoms with E-state index < -0.39 is 18.1 Å². The van der Waals surface area contributed by atoms with Gasteiger partial charge in [0.15, 0.2) is 0 Å². The molecule has 1 aliphatic heterocycles. The van der Waals surface area contributed by atoms with E-state index in [2.05, 4.69) is 13.8 Å². The number of carbonyl (C=O) groups excluding carboxylic acids is 1. The molecule has 3 N–H and O–H groups in total. The minimum absolute atomic E-state index is 0.0822. The zero-order valence-corrected chi connectivity index (χ0v) is 10.5. The van der Waals surface area contributed by atoms with Gasteiger partial charge in [0, 0.05) is 6.04 Å². The molecule has 0 amide bonds. The first-order valence-electron chi connectivity index (χ1n) is 5.98. The monoisotopic (exact) mass is 229 g/mol. The quantitative estimate of drug-likeness (QED) is 0.703. The molecule has 0 aromatic carbocycles. The van der Waals surface area contributed by atoms with Crippen LogP contribution in [0.15, 0.2) is 0 Å². The van der Waals surface area contributed by atoms with Crippen molar-refractivity contribution >= 4 is 5.97 Å². The molecule has 0 bridgehead atoms. The van der Waals surface area contributed by atoms with Crippen LogP contribution in [0.3, 0.4) is 0 Å². The standard InChI is InChI=1S/C12H23NO3/c1-6(2)5-8(13)11-10(14)9(7(3)4)12(15)16-11/h6-11,14H,5,13H2,1-4H3/t8-,9+,10+,11-/m0/s1. The normalized spacial score (nSPS) is 32.2. The van der Waals surface area contributed by atoms with Crippen LogP contribution in [0.4, 0.5) is 0 Å². The maximum absolute atomic E-state index is 11.6. The summed E-state index contributed by atoms with van der Waals surface area (Å²) in [7, 11) is 0. The van der Waals surface area contributed by atoms with E-state index in [0.717, 1.165) is 6.42 Å². The van der Waals surface area contributed by atoms with E-state index in [9.17, 15) is 9.90 Å². The first kappa shape index (κ1) is 13.5. The minimum atomic E-state index is -0.763. The Morgan fingerprint density at radius 2 is 1.94 bits per heavy atom. The van der Waals surface area contributed by atoms with Crippen molar-refractivity contribution in [2.75, 3.05) is 0 Å². The lowest BCUT2D eigenvalue weighted by Gasteiger charge is -2.23. The Labute approximate surface area is 97.2 Å². The molecule has 0 aliphatic carbocycles. The first-order chi connectivity index (χ1) is 7.34. The summed E-state index contributed by atoms with van der Waals surface area (Å²) >= 11 is 0. The van der Waals surface area contributed by atoms with Crippen molar-refractivity contribution in [3.05, 3.63) is 0 Å². The van der Waals surface area contributed by atoms with Gasteiger partial charge >= 0.3 is 5.97 Å². The Kier molecular flexibility index (Phi) is 4.33. The highest BCUT2D eigenvalue weighted by Crippen LogP contribution is 2.30. The number of ether oxygens (including phenoxy) is 1. The van der Waals surface area contributed by atoms with Crippen molar-refractivity contribution in [1.82, 2.24) is 0 Å². The number of cyclic esters (lactones) is 1. The summed E-state index contributed by atoms with van der Waals surface area (Å²) in [6.45, 7) is 7.93. The Balaban J connectivity index is 2.68. The topological polar surface area (TPSA) is 72.5 Å². The van der Waals surface area contributed by atoms with Gasteiger partial charge in [-0.05, 0) is 18.3 Å². The second-order valence-electron chi connectivity index (χ2n) is 5.46. The largest absolute Gasteiger partial charge is 0.458 e. The summed E-state index contributed by atoms with van der Waals surface area (Å²) in [5, 5.41) is 10.0. The molecular weight excluding hydrogens is 206 g/mol. The van der Waals surface area contributed by atoms with E-state index in [0.29, 0.717) is 5.92 Å². The lowest BCUT2D eigenvalue weighted by atomic mass is 9.87. The van der Waals surface area contributed by atoms with Gasteiger partial charge in [-0.1, -0.05) is 27.7 Å². The van der Waals surface area contributed by atoms with Crippen LogP contribution < -0.4 is 5.73 Å². The molecule has 0 unspecified atom stereocenters. The van der Waals surface area contributed by atoms with Crippen LogP contribution in [-0.4, -0.2) is 29.3 Å². The van der Waals surface area contributed by atoms with E-state index in [1.165, 1.54) is 0 Å². The highest BCUT2D eigenvalue weighted by Gasteiger charge is 2.47. The van der Waals surface area contributed by atoms with Crippen molar-refractivity contribution in [1.29, 1.82) is 0 Å². The molecule has 4 heteroatoms. The lowest BCUT2D eigenvalue weighted by molar-refractivity contribution is -0.146. The number of aliphatic hydroxyl groups is 1. The maximum atomic E-state index is 11.6. The summed E-state index contributed by atoms with van der Waals surface area (Å²) < 4.78 is 5.20. The van der Waals surface area contributed by atoms with Crippen LogP contribution in [-0.2, 0) is 9.53 Å². The fraction of sp³-hybridized carbons (Fsp3) is 0.917. The van der Waals surface area contributed by atoms with Gasteiger partial charge in [0.1, 0.15) is 12.2 Å². The van der Waals surface area contributed by atoms with E-state index in [-0.39, 0.29) is 17.9 Å². The number of esters is 1. The number of hydrogen-bond acceptors (Lipinski definition) is 4. The summed E-state index contributed by atoms with van der Waals surface area (Å²) in [6, 6.07) is -0.275. The Morgan fingerprint density at radius 3 is 2.31 bits per heavy atom. The van der Waals surface area contributed by atoms with Gasteiger partial charge in [-0.3, -0.25) is 4.79 Å². The lowest BCUT2D eigenvalue weighted by Crippen LogP contribution is -2.43. The van der Waals surface area contributed by atoms with Gasteiger partial charge in [0.05, 0.1) is 5.92 Å². The molecule has 1 saturated heterocycles. The predicted molar refractivity (Wildman–Crippen MR) is 61.6 cm³/mol. The summed E-state index contributed by atoms with van der Waals surface area (Å²) in [5.74, 6) is -0.229. The maximum Gasteiger partial charge on any atom is 0.312 e. The van der Waals surface area contributed by atoms with Gasteiger partial charge < -0.3 is 15.6 Å². The Morgan fingerprint density at radius 1 is 1.38 bits per heavy atom. The molecule has 1 heterocycles. The van der Waals surface area contributed by atoms with Crippen molar-refractivity contribution in [3.8, 4) is 0 Å². The van der Waals surface area contributed by atoms with Gasteiger partial charge in [-0.25, -0.2) is 0 Å². The minimum Gasteiger partial charge on any atom is -0.458 e. The highest BCUT2D eigenvalue weighted by molar-refractivity contribution is 5.76. The summed E-state index contributed by atoms with van der Waals surface area (Å²) in [4.78, 5) is 11.6. The zero-order valence-electron chi connectivity index (χ0n) is 10.5. The number of nitrogens with two attached hydrogens (primary N) is 1. The fourth-order valence-electron chi connectivity index (χ4n) is 2.31. The van der Waals surface area contributed by atoms with Gasteiger partial charge in [-0.2, -0.15) is 0 Å². The second-order valence-corrected chi connectivity index (χ2v) is 5.46. The summed E-state index contributed by atoms with van der Waals surface area (Å²) in [5.41, 5.74) is 5.96. The summed E-state index contributed by atoms with van der Waals surface area (Å²) in [6.07, 6.45) is -0.552. The van der Waals surface area contributed by atoms with Crippen LogP contribution in [0.1, 0.15) is 34.1 Å². The third kappa shape index (κ3) is 2.74. The van der Waals surface area contributed by atoms with Gasteiger partial charge in [-0.15, -0.1) is 0 Å². The molecule has 1 rings (SSSR count). The highest BCUT2D eigenvalue weighted by atomic mass is 16.6. The molecule has 94 valence electrons. The van der Waals surface area contributed by atoms with Gasteiger partial charge in [0.25, 0.3) is 0 Å². The molecule has 0 aromatic rings. The molecule has 0 radical (unpaired) electrons. The van der Waals surface area contributed by atoms with Crippen LogP contribution in [0.25, 0.3) is 0 Å². The molecular formula is C12H23NO3. The van der Waals surface area contributed by atoms with Gasteiger partial charge in [0.2, 0.25) is 0 Å². The van der Waals surface area contributed by atoms with Crippen molar-refractivity contribution in [2.45, 2.75) is 52.4 Å². The third-order valence-electron chi connectivity index (χ3n) is 3.11. The van der Waals surface area contributed by atoms with Crippen molar-refractivity contribution in [3.63, 3.8) is 0 Å². The van der Waals surface area contributed by atoms with E-state index in [1.54, 1.807) is 0 Å². The smallest absolute Gasteiger partial charge is 0.312 e. The molecule has 4 nitrogen and oxygen atoms in total. The first-order valence-corrected chi connectivity index (χ1v) is 5.98. The van der Waals surface area contributed by atoms with Crippen LogP contribution in [0, 0.1) is 17.8 Å². The van der Waals surface area contributed by atoms with E-state index in [4.69, 9.17) is 10.5 Å². The molecule has 1 fully saturated rings. The molecule has 0 aromatic heterocycles. The number of rotatable bonds is 4. The van der Waals surface area contributed by atoms with Crippen LogP contribution in [0.2, 0.25) is 0 Å². The second kappa shape index (κ2) is 5.15. The van der Waals surface area contributed by atoms with Crippen LogP contribution in [0.5, 0.6) is 0 Å².